The first-order valence-electron chi connectivity index (χ1n) is 9.39. The summed E-state index contributed by atoms with van der Waals surface area (Å²) in [6.07, 6.45) is -1.06. The maximum Gasteiger partial charge on any atom is 0.267 e. The highest BCUT2D eigenvalue weighted by molar-refractivity contribution is 7.92. The first kappa shape index (κ1) is 21.5. The zero-order valence-corrected chi connectivity index (χ0v) is 18.5. The van der Waals surface area contributed by atoms with Gasteiger partial charge >= 0.3 is 0 Å². The number of carbonyl (C=O) groups is 1. The van der Waals surface area contributed by atoms with Crippen molar-refractivity contribution in [2.75, 3.05) is 16.2 Å². The summed E-state index contributed by atoms with van der Waals surface area (Å²) in [7, 11) is -3.77. The molecule has 3 aromatic carbocycles. The van der Waals surface area contributed by atoms with Crippen molar-refractivity contribution in [2.45, 2.75) is 11.9 Å². The van der Waals surface area contributed by atoms with Crippen LogP contribution in [-0.4, -0.2) is 27.0 Å². The minimum absolute atomic E-state index is 0.163. The summed E-state index contributed by atoms with van der Waals surface area (Å²) in [6, 6.07) is 20.3. The molecule has 0 bridgehead atoms. The average Bonchev–Trinajstić information content (AvgIpc) is 2.75. The predicted octanol–water partition coefficient (Wildman–Crippen LogP) is 4.73. The fourth-order valence-corrected chi connectivity index (χ4v) is 5.31. The zero-order valence-electron chi connectivity index (χ0n) is 16.2. The highest BCUT2D eigenvalue weighted by Gasteiger charge is 2.36. The summed E-state index contributed by atoms with van der Waals surface area (Å²) < 4.78 is 33.5. The number of sulfonamides is 1. The molecule has 0 fully saturated rings. The number of nitrogens with zero attached hydrogens (tertiary/aromatic N) is 1. The maximum atomic E-state index is 13.2. The summed E-state index contributed by atoms with van der Waals surface area (Å²) in [4.78, 5) is 12.9. The molecule has 1 atom stereocenters. The lowest BCUT2D eigenvalue weighted by molar-refractivity contribution is -0.122. The van der Waals surface area contributed by atoms with Crippen LogP contribution in [0.3, 0.4) is 0 Å². The third-order valence-electron chi connectivity index (χ3n) is 4.74. The van der Waals surface area contributed by atoms with Gasteiger partial charge in [0, 0.05) is 5.02 Å². The SMILES string of the molecule is O=C(Nc1ccc(Cl)cc1Cl)C1CN(S(=O)(=O)Cc2ccccc2)c2ccccc2O1. The minimum atomic E-state index is -3.77. The Morgan fingerprint density at radius 2 is 1.74 bits per heavy atom. The van der Waals surface area contributed by atoms with E-state index >= 15 is 0 Å². The lowest BCUT2D eigenvalue weighted by Crippen LogP contribution is -2.49. The molecule has 0 spiro atoms. The maximum absolute atomic E-state index is 13.2. The van der Waals surface area contributed by atoms with Crippen LogP contribution >= 0.6 is 23.2 Å². The molecule has 9 heteroatoms. The van der Waals surface area contributed by atoms with E-state index in [0.717, 1.165) is 0 Å². The minimum Gasteiger partial charge on any atom is -0.476 e. The molecule has 1 amide bonds. The number of para-hydroxylation sites is 2. The third-order valence-corrected chi connectivity index (χ3v) is 7.01. The Morgan fingerprint density at radius 3 is 2.48 bits per heavy atom. The smallest absolute Gasteiger partial charge is 0.267 e. The largest absolute Gasteiger partial charge is 0.476 e. The van der Waals surface area contributed by atoms with Gasteiger partial charge in [-0.15, -0.1) is 0 Å². The van der Waals surface area contributed by atoms with Gasteiger partial charge in [-0.3, -0.25) is 9.10 Å². The van der Waals surface area contributed by atoms with Gasteiger partial charge in [0.1, 0.15) is 5.75 Å². The van der Waals surface area contributed by atoms with E-state index in [9.17, 15) is 13.2 Å². The number of anilines is 2. The third kappa shape index (κ3) is 4.79. The molecule has 6 nitrogen and oxygen atoms in total. The normalized spacial score (nSPS) is 15.7. The van der Waals surface area contributed by atoms with Crippen LogP contribution in [0, 0.1) is 0 Å². The molecule has 1 heterocycles. The monoisotopic (exact) mass is 476 g/mol. The summed E-state index contributed by atoms with van der Waals surface area (Å²) >= 11 is 12.0. The van der Waals surface area contributed by atoms with Crippen molar-refractivity contribution in [3.8, 4) is 5.75 Å². The standard InChI is InChI=1S/C22H18Cl2N2O4S/c23-16-10-11-18(17(24)12-16)25-22(27)21-13-26(19-8-4-5-9-20(19)30-21)31(28,29)14-15-6-2-1-3-7-15/h1-12,21H,13-14H2,(H,25,27). The number of benzene rings is 3. The van der Waals surface area contributed by atoms with Gasteiger partial charge in [-0.05, 0) is 35.9 Å². The van der Waals surface area contributed by atoms with E-state index in [0.29, 0.717) is 27.7 Å². The van der Waals surface area contributed by atoms with Gasteiger partial charge in [0.05, 0.1) is 28.7 Å². The zero-order chi connectivity index (χ0) is 22.0. The lowest BCUT2D eigenvalue weighted by atomic mass is 10.2. The van der Waals surface area contributed by atoms with E-state index in [1.54, 1.807) is 60.7 Å². The molecule has 3 aromatic rings. The number of amides is 1. The number of fused-ring (bicyclic) bond motifs is 1. The van der Waals surface area contributed by atoms with Crippen LogP contribution in [0.1, 0.15) is 5.56 Å². The van der Waals surface area contributed by atoms with Crippen LogP contribution in [0.5, 0.6) is 5.75 Å². The van der Waals surface area contributed by atoms with Gasteiger partial charge in [-0.2, -0.15) is 0 Å². The van der Waals surface area contributed by atoms with Crippen LogP contribution in [0.15, 0.2) is 72.8 Å². The Balaban J connectivity index is 1.61. The fourth-order valence-electron chi connectivity index (χ4n) is 3.27. The van der Waals surface area contributed by atoms with Crippen LogP contribution in [-0.2, 0) is 20.6 Å². The van der Waals surface area contributed by atoms with Crippen molar-refractivity contribution < 1.29 is 17.9 Å². The first-order valence-corrected chi connectivity index (χ1v) is 11.8. The van der Waals surface area contributed by atoms with Crippen molar-refractivity contribution in [2.24, 2.45) is 0 Å². The molecule has 160 valence electrons. The molecule has 1 unspecified atom stereocenters. The van der Waals surface area contributed by atoms with E-state index in [-0.39, 0.29) is 17.3 Å². The van der Waals surface area contributed by atoms with Crippen molar-refractivity contribution in [1.29, 1.82) is 0 Å². The van der Waals surface area contributed by atoms with E-state index in [1.807, 2.05) is 6.07 Å². The molecule has 1 aliphatic rings. The molecule has 0 saturated heterocycles. The molecular weight excluding hydrogens is 459 g/mol. The highest BCUT2D eigenvalue weighted by atomic mass is 35.5. The number of ether oxygens (including phenoxy) is 1. The number of hydrogen-bond donors (Lipinski definition) is 1. The Hall–Kier alpha value is -2.74. The molecule has 4 rings (SSSR count). The summed E-state index contributed by atoms with van der Waals surface area (Å²) in [6.45, 7) is -0.163. The fraction of sp³-hybridized carbons (Fsp3) is 0.136. The second kappa shape index (κ2) is 8.78. The molecule has 1 aliphatic heterocycles. The Labute approximate surface area is 190 Å². The van der Waals surface area contributed by atoms with Crippen molar-refractivity contribution in [3.63, 3.8) is 0 Å². The second-order valence-electron chi connectivity index (χ2n) is 6.96. The molecular formula is C22H18Cl2N2O4S. The van der Waals surface area contributed by atoms with Crippen molar-refractivity contribution >= 4 is 50.5 Å². The second-order valence-corrected chi connectivity index (χ2v) is 9.70. The average molecular weight is 477 g/mol. The van der Waals surface area contributed by atoms with Crippen LogP contribution in [0.2, 0.25) is 10.0 Å². The quantitative estimate of drug-likeness (QED) is 0.577. The van der Waals surface area contributed by atoms with E-state index in [4.69, 9.17) is 27.9 Å². The van der Waals surface area contributed by atoms with Crippen LogP contribution in [0.25, 0.3) is 0 Å². The molecule has 0 aromatic heterocycles. The van der Waals surface area contributed by atoms with E-state index in [1.165, 1.54) is 10.4 Å². The van der Waals surface area contributed by atoms with Gasteiger partial charge in [0.15, 0.2) is 6.10 Å². The molecule has 31 heavy (non-hydrogen) atoms. The summed E-state index contributed by atoms with van der Waals surface area (Å²) in [5.41, 5.74) is 1.41. The number of rotatable bonds is 5. The van der Waals surface area contributed by atoms with E-state index in [2.05, 4.69) is 5.32 Å². The lowest BCUT2D eigenvalue weighted by Gasteiger charge is -2.34. The first-order chi connectivity index (χ1) is 14.8. The number of carbonyl (C=O) groups excluding carboxylic acids is 1. The number of nitrogens with one attached hydrogen (secondary N) is 1. The van der Waals surface area contributed by atoms with Gasteiger partial charge in [0.25, 0.3) is 5.91 Å². The summed E-state index contributed by atoms with van der Waals surface area (Å²) in [5, 5.41) is 3.39. The van der Waals surface area contributed by atoms with Crippen LogP contribution in [0.4, 0.5) is 11.4 Å². The van der Waals surface area contributed by atoms with Gasteiger partial charge in [-0.1, -0.05) is 65.7 Å². The number of hydrogen-bond acceptors (Lipinski definition) is 4. The predicted molar refractivity (Wildman–Crippen MR) is 122 cm³/mol. The summed E-state index contributed by atoms with van der Waals surface area (Å²) in [5.74, 6) is -0.397. The van der Waals surface area contributed by atoms with Crippen molar-refractivity contribution in [1.82, 2.24) is 0 Å². The molecule has 0 aliphatic carbocycles. The van der Waals surface area contributed by atoms with Crippen LogP contribution < -0.4 is 14.4 Å². The Bertz CT molecular complexity index is 1220. The van der Waals surface area contributed by atoms with Crippen molar-refractivity contribution in [3.05, 3.63) is 88.4 Å². The van der Waals surface area contributed by atoms with Gasteiger partial charge in [-0.25, -0.2) is 8.42 Å². The highest BCUT2D eigenvalue weighted by Crippen LogP contribution is 2.36. The molecule has 0 radical (unpaired) electrons. The molecule has 0 saturated carbocycles. The number of halogens is 2. The molecule has 1 N–H and O–H groups in total. The van der Waals surface area contributed by atoms with Gasteiger partial charge < -0.3 is 10.1 Å². The van der Waals surface area contributed by atoms with E-state index < -0.39 is 22.0 Å². The Morgan fingerprint density at radius 1 is 1.03 bits per heavy atom. The van der Waals surface area contributed by atoms with Gasteiger partial charge in [0.2, 0.25) is 10.0 Å². The Kier molecular flexibility index (Phi) is 6.09. The topological polar surface area (TPSA) is 75.7 Å².